The van der Waals surface area contributed by atoms with Crippen LogP contribution in [0, 0.1) is 0 Å². The van der Waals surface area contributed by atoms with Crippen molar-refractivity contribution >= 4 is 28.5 Å². The summed E-state index contributed by atoms with van der Waals surface area (Å²) in [5, 5.41) is 3.50. The first-order valence-corrected chi connectivity index (χ1v) is 8.14. The van der Waals surface area contributed by atoms with Gasteiger partial charge in [-0.05, 0) is 29.7 Å². The molecule has 0 saturated heterocycles. The van der Waals surface area contributed by atoms with Crippen molar-refractivity contribution in [2.45, 2.75) is 19.8 Å². The highest BCUT2D eigenvalue weighted by Crippen LogP contribution is 2.26. The zero-order chi connectivity index (χ0) is 17.8. The Balaban J connectivity index is 1.99. The zero-order valence-corrected chi connectivity index (χ0v) is 14.2. The van der Waals surface area contributed by atoms with Crippen molar-refractivity contribution in [2.75, 3.05) is 0 Å². The molecular formula is C20H20N4O. The van der Waals surface area contributed by atoms with Gasteiger partial charge in [0.05, 0.1) is 16.8 Å². The minimum atomic E-state index is -0.278. The molecule has 0 bridgehead atoms. The Morgan fingerprint density at radius 1 is 1.08 bits per heavy atom. The van der Waals surface area contributed by atoms with E-state index in [2.05, 4.69) is 15.3 Å². The Bertz CT molecular complexity index is 933. The minimum absolute atomic E-state index is 0.0619. The first-order valence-electron chi connectivity index (χ1n) is 8.14. The van der Waals surface area contributed by atoms with Crippen LogP contribution < -0.4 is 11.1 Å². The van der Waals surface area contributed by atoms with Crippen LogP contribution in [0.15, 0.2) is 65.8 Å². The lowest BCUT2D eigenvalue weighted by molar-refractivity contribution is 0.0977. The van der Waals surface area contributed by atoms with Crippen molar-refractivity contribution in [1.82, 2.24) is 10.3 Å². The van der Waals surface area contributed by atoms with E-state index in [4.69, 9.17) is 5.73 Å². The minimum Gasteiger partial charge on any atom is -0.369 e. The monoisotopic (exact) mass is 332 g/mol. The van der Waals surface area contributed by atoms with Crippen molar-refractivity contribution in [1.29, 1.82) is 0 Å². The van der Waals surface area contributed by atoms with Gasteiger partial charge in [0.15, 0.2) is 0 Å². The third-order valence-electron chi connectivity index (χ3n) is 3.90. The van der Waals surface area contributed by atoms with E-state index in [-0.39, 0.29) is 17.8 Å². The molecule has 3 rings (SSSR count). The van der Waals surface area contributed by atoms with Crippen molar-refractivity contribution < 1.29 is 4.79 Å². The Labute approximate surface area is 146 Å². The van der Waals surface area contributed by atoms with E-state index < -0.39 is 0 Å². The third-order valence-corrected chi connectivity index (χ3v) is 3.90. The molecule has 2 aromatic carbocycles. The molecule has 0 radical (unpaired) electrons. The largest absolute Gasteiger partial charge is 0.369 e. The van der Waals surface area contributed by atoms with Gasteiger partial charge in [0.1, 0.15) is 0 Å². The Morgan fingerprint density at radius 3 is 2.48 bits per heavy atom. The molecule has 0 saturated carbocycles. The number of aliphatic imine (C=N–C) groups is 1. The van der Waals surface area contributed by atoms with Crippen LogP contribution in [0.25, 0.3) is 10.9 Å². The number of hydrogen-bond donors (Lipinski definition) is 2. The lowest BCUT2D eigenvalue weighted by Crippen LogP contribution is -2.37. The zero-order valence-electron chi connectivity index (χ0n) is 14.2. The summed E-state index contributed by atoms with van der Waals surface area (Å²) in [6.45, 7) is 4.06. The maximum atomic E-state index is 12.9. The van der Waals surface area contributed by atoms with E-state index in [0.29, 0.717) is 11.3 Å². The molecule has 0 aliphatic heterocycles. The van der Waals surface area contributed by atoms with Crippen molar-refractivity contribution in [3.63, 3.8) is 0 Å². The van der Waals surface area contributed by atoms with Crippen molar-refractivity contribution in [3.05, 3.63) is 71.9 Å². The number of aromatic nitrogens is 1. The second-order valence-corrected chi connectivity index (χ2v) is 6.05. The molecule has 3 aromatic rings. The maximum absolute atomic E-state index is 12.9. The SMILES string of the molecule is CC(C)c1cnc2ccccc2c1C(=O)NC(N)=Nc1ccccc1. The fourth-order valence-electron chi connectivity index (χ4n) is 2.70. The number of benzene rings is 2. The van der Waals surface area contributed by atoms with Gasteiger partial charge in [0.25, 0.3) is 5.91 Å². The molecule has 126 valence electrons. The van der Waals surface area contributed by atoms with Crippen LogP contribution in [0.5, 0.6) is 0 Å². The van der Waals surface area contributed by atoms with Gasteiger partial charge < -0.3 is 5.73 Å². The summed E-state index contributed by atoms with van der Waals surface area (Å²) in [6.07, 6.45) is 1.76. The smallest absolute Gasteiger partial charge is 0.258 e. The number of nitrogens with two attached hydrogens (primary N) is 1. The van der Waals surface area contributed by atoms with Gasteiger partial charge in [-0.3, -0.25) is 15.1 Å². The third kappa shape index (κ3) is 3.66. The highest BCUT2D eigenvalue weighted by Gasteiger charge is 2.18. The van der Waals surface area contributed by atoms with Crippen LogP contribution >= 0.6 is 0 Å². The quantitative estimate of drug-likeness (QED) is 0.566. The first-order chi connectivity index (χ1) is 12.1. The van der Waals surface area contributed by atoms with E-state index in [1.54, 1.807) is 6.20 Å². The average Bonchev–Trinajstić information content (AvgIpc) is 2.61. The van der Waals surface area contributed by atoms with Gasteiger partial charge in [0, 0.05) is 11.6 Å². The molecule has 0 aliphatic carbocycles. The fourth-order valence-corrected chi connectivity index (χ4v) is 2.70. The van der Waals surface area contributed by atoms with E-state index in [1.165, 1.54) is 0 Å². The summed E-state index contributed by atoms with van der Waals surface area (Å²) >= 11 is 0. The van der Waals surface area contributed by atoms with Gasteiger partial charge in [0.2, 0.25) is 5.96 Å². The van der Waals surface area contributed by atoms with E-state index in [1.807, 2.05) is 68.4 Å². The second-order valence-electron chi connectivity index (χ2n) is 6.05. The van der Waals surface area contributed by atoms with Crippen LogP contribution in [0.4, 0.5) is 5.69 Å². The molecule has 5 nitrogen and oxygen atoms in total. The number of carbonyl (C=O) groups is 1. The number of nitrogens with zero attached hydrogens (tertiary/aromatic N) is 2. The number of nitrogens with one attached hydrogen (secondary N) is 1. The molecule has 5 heteroatoms. The molecule has 1 aromatic heterocycles. The Hall–Kier alpha value is -3.21. The maximum Gasteiger partial charge on any atom is 0.258 e. The number of fused-ring (bicyclic) bond motifs is 1. The number of guanidine groups is 1. The lowest BCUT2D eigenvalue weighted by Gasteiger charge is -2.14. The molecular weight excluding hydrogens is 312 g/mol. The molecule has 0 spiro atoms. The molecule has 0 unspecified atom stereocenters. The van der Waals surface area contributed by atoms with Gasteiger partial charge in [-0.15, -0.1) is 0 Å². The Kier molecular flexibility index (Phi) is 4.75. The average molecular weight is 332 g/mol. The van der Waals surface area contributed by atoms with Crippen LogP contribution in [0.2, 0.25) is 0 Å². The first kappa shape index (κ1) is 16.6. The summed E-state index contributed by atoms with van der Waals surface area (Å²) in [5.74, 6) is -0.0589. The van der Waals surface area contributed by atoms with Crippen LogP contribution in [0.1, 0.15) is 35.7 Å². The molecule has 0 aliphatic rings. The predicted molar refractivity (Wildman–Crippen MR) is 101 cm³/mol. The summed E-state index contributed by atoms with van der Waals surface area (Å²) in [6, 6.07) is 16.8. The highest BCUT2D eigenvalue weighted by atomic mass is 16.1. The molecule has 0 atom stereocenters. The molecule has 25 heavy (non-hydrogen) atoms. The van der Waals surface area contributed by atoms with Crippen LogP contribution in [-0.2, 0) is 0 Å². The summed E-state index contributed by atoms with van der Waals surface area (Å²) in [5.41, 5.74) is 8.84. The summed E-state index contributed by atoms with van der Waals surface area (Å²) in [7, 11) is 0. The fraction of sp³-hybridized carbons (Fsp3) is 0.150. The topological polar surface area (TPSA) is 80.4 Å². The van der Waals surface area contributed by atoms with E-state index in [9.17, 15) is 4.79 Å². The molecule has 1 amide bonds. The highest BCUT2D eigenvalue weighted by molar-refractivity contribution is 6.13. The van der Waals surface area contributed by atoms with Gasteiger partial charge in [-0.25, -0.2) is 4.99 Å². The number of para-hydroxylation sites is 2. The van der Waals surface area contributed by atoms with Crippen molar-refractivity contribution in [2.24, 2.45) is 10.7 Å². The Morgan fingerprint density at radius 2 is 1.76 bits per heavy atom. The van der Waals surface area contributed by atoms with E-state index >= 15 is 0 Å². The second kappa shape index (κ2) is 7.13. The van der Waals surface area contributed by atoms with Gasteiger partial charge >= 0.3 is 0 Å². The van der Waals surface area contributed by atoms with Gasteiger partial charge in [-0.1, -0.05) is 50.2 Å². The van der Waals surface area contributed by atoms with Gasteiger partial charge in [-0.2, -0.15) is 0 Å². The van der Waals surface area contributed by atoms with Crippen LogP contribution in [0.3, 0.4) is 0 Å². The summed E-state index contributed by atoms with van der Waals surface area (Å²) in [4.78, 5) is 21.6. The van der Waals surface area contributed by atoms with Crippen LogP contribution in [-0.4, -0.2) is 16.9 Å². The lowest BCUT2D eigenvalue weighted by atomic mass is 9.95. The molecule has 1 heterocycles. The molecule has 0 fully saturated rings. The number of rotatable bonds is 3. The van der Waals surface area contributed by atoms with E-state index in [0.717, 1.165) is 16.5 Å². The number of amides is 1. The standard InChI is InChI=1S/C20H20N4O/c1-13(2)16-12-22-17-11-7-6-10-15(17)18(16)19(25)24-20(21)23-14-8-4-3-5-9-14/h3-13H,1-2H3,(H3,21,23,24,25). The van der Waals surface area contributed by atoms with Crippen molar-refractivity contribution in [3.8, 4) is 0 Å². The number of pyridine rings is 1. The number of hydrogen-bond acceptors (Lipinski definition) is 3. The normalized spacial score (nSPS) is 11.7. The molecule has 3 N–H and O–H groups in total. The summed E-state index contributed by atoms with van der Waals surface area (Å²) < 4.78 is 0. The predicted octanol–water partition coefficient (Wildman–Crippen LogP) is 3.73. The number of carbonyl (C=O) groups excluding carboxylic acids is 1.